The standard InChI is InChI=1S/C13H16F2O3/c1-2-3-4-17-5-6-18-13-11(14)7-10(9-16)8-12(13)15/h7-9H,2-6H2,1H3. The van der Waals surface area contributed by atoms with E-state index in [9.17, 15) is 13.6 Å². The minimum Gasteiger partial charge on any atom is -0.485 e. The van der Waals surface area contributed by atoms with Gasteiger partial charge >= 0.3 is 0 Å². The number of halogens is 2. The van der Waals surface area contributed by atoms with Gasteiger partial charge in [0.2, 0.25) is 0 Å². The summed E-state index contributed by atoms with van der Waals surface area (Å²) in [4.78, 5) is 10.4. The van der Waals surface area contributed by atoms with Crippen molar-refractivity contribution in [2.75, 3.05) is 19.8 Å². The van der Waals surface area contributed by atoms with Crippen LogP contribution in [0.5, 0.6) is 5.75 Å². The predicted molar refractivity (Wildman–Crippen MR) is 63.0 cm³/mol. The molecule has 0 atom stereocenters. The van der Waals surface area contributed by atoms with Gasteiger partial charge in [0, 0.05) is 12.2 Å². The number of carbonyl (C=O) groups excluding carboxylic acids is 1. The summed E-state index contributed by atoms with van der Waals surface area (Å²) in [5.74, 6) is -2.24. The Labute approximate surface area is 105 Å². The maximum Gasteiger partial charge on any atom is 0.190 e. The summed E-state index contributed by atoms with van der Waals surface area (Å²) in [6.07, 6.45) is 2.35. The van der Waals surface area contributed by atoms with Gasteiger partial charge in [-0.1, -0.05) is 13.3 Å². The molecule has 0 radical (unpaired) electrons. The average molecular weight is 258 g/mol. The second-order valence-electron chi connectivity index (χ2n) is 3.75. The first kappa shape index (κ1) is 14.6. The molecule has 1 aromatic carbocycles. The Balaban J connectivity index is 2.45. The van der Waals surface area contributed by atoms with E-state index in [4.69, 9.17) is 9.47 Å². The quantitative estimate of drug-likeness (QED) is 0.531. The molecule has 0 bridgehead atoms. The summed E-state index contributed by atoms with van der Waals surface area (Å²) < 4.78 is 36.9. The van der Waals surface area contributed by atoms with Gasteiger partial charge in [-0.25, -0.2) is 8.78 Å². The zero-order chi connectivity index (χ0) is 13.4. The van der Waals surface area contributed by atoms with Gasteiger partial charge in [0.25, 0.3) is 0 Å². The lowest BCUT2D eigenvalue weighted by atomic mass is 10.2. The fraction of sp³-hybridized carbons (Fsp3) is 0.462. The van der Waals surface area contributed by atoms with Gasteiger partial charge in [-0.15, -0.1) is 0 Å². The minimum absolute atomic E-state index is 0.0588. The number of unbranched alkanes of at least 4 members (excludes halogenated alkanes) is 1. The molecular formula is C13H16F2O3. The highest BCUT2D eigenvalue weighted by atomic mass is 19.1. The lowest BCUT2D eigenvalue weighted by molar-refractivity contribution is 0.0950. The predicted octanol–water partition coefficient (Wildman–Crippen LogP) is 2.97. The smallest absolute Gasteiger partial charge is 0.190 e. The number of hydrogen-bond donors (Lipinski definition) is 0. The first-order valence-corrected chi connectivity index (χ1v) is 5.83. The van der Waals surface area contributed by atoms with Crippen LogP contribution in [0.3, 0.4) is 0 Å². The summed E-state index contributed by atoms with van der Waals surface area (Å²) in [6.45, 7) is 2.99. The lowest BCUT2D eigenvalue weighted by Gasteiger charge is -2.09. The molecule has 3 nitrogen and oxygen atoms in total. The molecule has 5 heteroatoms. The van der Waals surface area contributed by atoms with Crippen molar-refractivity contribution in [1.29, 1.82) is 0 Å². The van der Waals surface area contributed by atoms with Crippen molar-refractivity contribution in [2.24, 2.45) is 0 Å². The topological polar surface area (TPSA) is 35.5 Å². The zero-order valence-corrected chi connectivity index (χ0v) is 10.2. The Hall–Kier alpha value is -1.49. The molecule has 0 unspecified atom stereocenters. The van der Waals surface area contributed by atoms with Gasteiger partial charge in [-0.3, -0.25) is 4.79 Å². The van der Waals surface area contributed by atoms with Crippen LogP contribution in [0, 0.1) is 11.6 Å². The maximum atomic E-state index is 13.4. The third-order valence-electron chi connectivity index (χ3n) is 2.27. The monoisotopic (exact) mass is 258 g/mol. The van der Waals surface area contributed by atoms with E-state index in [2.05, 4.69) is 0 Å². The third-order valence-corrected chi connectivity index (χ3v) is 2.27. The number of aldehydes is 1. The van der Waals surface area contributed by atoms with Crippen LogP contribution in [0.4, 0.5) is 8.78 Å². The Kier molecular flexibility index (Phi) is 6.28. The first-order valence-electron chi connectivity index (χ1n) is 5.83. The molecular weight excluding hydrogens is 242 g/mol. The van der Waals surface area contributed by atoms with Crippen molar-refractivity contribution in [2.45, 2.75) is 19.8 Å². The summed E-state index contributed by atoms with van der Waals surface area (Å²) in [5, 5.41) is 0. The van der Waals surface area contributed by atoms with Gasteiger partial charge < -0.3 is 9.47 Å². The van der Waals surface area contributed by atoms with Crippen LogP contribution in [-0.2, 0) is 4.74 Å². The molecule has 18 heavy (non-hydrogen) atoms. The first-order chi connectivity index (χ1) is 8.69. The number of hydrogen-bond acceptors (Lipinski definition) is 3. The van der Waals surface area contributed by atoms with Crippen molar-refractivity contribution in [3.8, 4) is 5.75 Å². The van der Waals surface area contributed by atoms with Crippen LogP contribution in [0.15, 0.2) is 12.1 Å². The largest absolute Gasteiger partial charge is 0.485 e. The summed E-state index contributed by atoms with van der Waals surface area (Å²) in [6, 6.07) is 1.87. The molecule has 0 saturated heterocycles. The number of benzene rings is 1. The van der Waals surface area contributed by atoms with Gasteiger partial charge in [0.1, 0.15) is 12.9 Å². The van der Waals surface area contributed by atoms with Crippen molar-refractivity contribution < 1.29 is 23.0 Å². The highest BCUT2D eigenvalue weighted by Gasteiger charge is 2.12. The lowest BCUT2D eigenvalue weighted by Crippen LogP contribution is -2.09. The Morgan fingerprint density at radius 1 is 1.17 bits per heavy atom. The van der Waals surface area contributed by atoms with Crippen molar-refractivity contribution in [3.63, 3.8) is 0 Å². The Bertz CT molecular complexity index is 371. The average Bonchev–Trinajstić information content (AvgIpc) is 2.35. The van der Waals surface area contributed by atoms with Gasteiger partial charge in [0.15, 0.2) is 17.4 Å². The SMILES string of the molecule is CCCCOCCOc1c(F)cc(C=O)cc1F. The van der Waals surface area contributed by atoms with Crippen molar-refractivity contribution in [1.82, 2.24) is 0 Å². The molecule has 0 spiro atoms. The van der Waals surface area contributed by atoms with Crippen LogP contribution in [0.2, 0.25) is 0 Å². The molecule has 0 aliphatic heterocycles. The van der Waals surface area contributed by atoms with Crippen LogP contribution in [-0.4, -0.2) is 26.1 Å². The molecule has 1 rings (SSSR count). The molecule has 0 saturated carbocycles. The zero-order valence-electron chi connectivity index (χ0n) is 10.2. The van der Waals surface area contributed by atoms with E-state index in [-0.39, 0.29) is 18.8 Å². The van der Waals surface area contributed by atoms with Crippen LogP contribution in [0.25, 0.3) is 0 Å². The molecule has 100 valence electrons. The second kappa shape index (κ2) is 7.76. The van der Waals surface area contributed by atoms with E-state index in [1.807, 2.05) is 6.92 Å². The molecule has 0 amide bonds. The Morgan fingerprint density at radius 3 is 2.39 bits per heavy atom. The minimum atomic E-state index is -0.884. The maximum absolute atomic E-state index is 13.4. The van der Waals surface area contributed by atoms with E-state index >= 15 is 0 Å². The van der Waals surface area contributed by atoms with Gasteiger partial charge in [0.05, 0.1) is 6.61 Å². The number of carbonyl (C=O) groups is 1. The second-order valence-corrected chi connectivity index (χ2v) is 3.75. The van der Waals surface area contributed by atoms with E-state index < -0.39 is 17.4 Å². The third kappa shape index (κ3) is 4.41. The molecule has 0 aliphatic carbocycles. The van der Waals surface area contributed by atoms with E-state index in [0.29, 0.717) is 12.9 Å². The van der Waals surface area contributed by atoms with Crippen molar-refractivity contribution in [3.05, 3.63) is 29.3 Å². The normalized spacial score (nSPS) is 10.4. The summed E-state index contributed by atoms with van der Waals surface area (Å²) in [7, 11) is 0. The molecule has 1 aromatic rings. The van der Waals surface area contributed by atoms with E-state index in [0.717, 1.165) is 25.0 Å². The molecule has 0 aromatic heterocycles. The summed E-state index contributed by atoms with van der Waals surface area (Å²) >= 11 is 0. The van der Waals surface area contributed by atoms with E-state index in [1.165, 1.54) is 0 Å². The highest BCUT2D eigenvalue weighted by Crippen LogP contribution is 2.22. The van der Waals surface area contributed by atoms with Crippen molar-refractivity contribution >= 4 is 6.29 Å². The van der Waals surface area contributed by atoms with Gasteiger partial charge in [-0.2, -0.15) is 0 Å². The van der Waals surface area contributed by atoms with E-state index in [1.54, 1.807) is 0 Å². The Morgan fingerprint density at radius 2 is 1.83 bits per heavy atom. The van der Waals surface area contributed by atoms with Gasteiger partial charge in [-0.05, 0) is 18.6 Å². The molecule has 0 N–H and O–H groups in total. The summed E-state index contributed by atoms with van der Waals surface area (Å²) in [5.41, 5.74) is -0.0588. The van der Waals surface area contributed by atoms with Crippen LogP contribution in [0.1, 0.15) is 30.1 Å². The van der Waals surface area contributed by atoms with Crippen LogP contribution >= 0.6 is 0 Å². The fourth-order valence-corrected chi connectivity index (χ4v) is 1.34. The number of ether oxygens (including phenoxy) is 2. The molecule has 0 fully saturated rings. The molecule has 0 heterocycles. The highest BCUT2D eigenvalue weighted by molar-refractivity contribution is 5.75. The fourth-order valence-electron chi connectivity index (χ4n) is 1.34. The molecule has 0 aliphatic rings. The van der Waals surface area contributed by atoms with Crippen LogP contribution < -0.4 is 4.74 Å². The number of rotatable bonds is 8.